The summed E-state index contributed by atoms with van der Waals surface area (Å²) in [5.41, 5.74) is 0. The molecule has 2 unspecified atom stereocenters. The summed E-state index contributed by atoms with van der Waals surface area (Å²) in [7, 11) is 0. The quantitative estimate of drug-likeness (QED) is 0.792. The van der Waals surface area contributed by atoms with Crippen molar-refractivity contribution in [3.05, 3.63) is 0 Å². The third-order valence-corrected chi connectivity index (χ3v) is 3.28. The largest absolute Gasteiger partial charge is 0.481 e. The van der Waals surface area contributed by atoms with Gasteiger partial charge in [0.25, 0.3) is 0 Å². The zero-order valence-corrected chi connectivity index (χ0v) is 11.1. The lowest BCUT2D eigenvalue weighted by Gasteiger charge is -2.28. The van der Waals surface area contributed by atoms with Crippen LogP contribution in [0, 0.1) is 17.8 Å². The first-order chi connectivity index (χ1) is 8.50. The minimum absolute atomic E-state index is 0.0304. The summed E-state index contributed by atoms with van der Waals surface area (Å²) >= 11 is 0. The molecule has 0 radical (unpaired) electrons. The summed E-state index contributed by atoms with van der Waals surface area (Å²) in [6, 6.07) is 0. The number of carboxylic acid groups (broad SMARTS) is 1. The molecule has 0 aliphatic heterocycles. The van der Waals surface area contributed by atoms with E-state index in [2.05, 4.69) is 5.32 Å². The van der Waals surface area contributed by atoms with Crippen LogP contribution in [-0.2, 0) is 9.53 Å². The molecule has 0 heterocycles. The first kappa shape index (κ1) is 14.8. The number of aliphatic carboxylic acids is 1. The fourth-order valence-corrected chi connectivity index (χ4v) is 2.28. The van der Waals surface area contributed by atoms with Gasteiger partial charge in [0, 0.05) is 6.54 Å². The highest BCUT2D eigenvalue weighted by atomic mass is 16.5. The first-order valence-corrected chi connectivity index (χ1v) is 6.64. The van der Waals surface area contributed by atoms with E-state index in [4.69, 9.17) is 9.84 Å². The van der Waals surface area contributed by atoms with Crippen LogP contribution in [0.4, 0.5) is 4.79 Å². The van der Waals surface area contributed by atoms with Crippen LogP contribution in [0.3, 0.4) is 0 Å². The van der Waals surface area contributed by atoms with Crippen LogP contribution < -0.4 is 5.32 Å². The van der Waals surface area contributed by atoms with Crippen molar-refractivity contribution >= 4 is 12.1 Å². The molecule has 104 valence electrons. The number of amides is 1. The average molecular weight is 257 g/mol. The number of ether oxygens (including phenoxy) is 1. The molecule has 0 bridgehead atoms. The van der Waals surface area contributed by atoms with Gasteiger partial charge in [-0.25, -0.2) is 4.79 Å². The third kappa shape index (κ3) is 4.94. The minimum Gasteiger partial charge on any atom is -0.481 e. The second kappa shape index (κ2) is 7.24. The zero-order valence-electron chi connectivity index (χ0n) is 11.1. The highest BCUT2D eigenvalue weighted by molar-refractivity contribution is 5.71. The lowest BCUT2D eigenvalue weighted by Crippen LogP contribution is -2.37. The molecule has 18 heavy (non-hydrogen) atoms. The Morgan fingerprint density at radius 3 is 2.61 bits per heavy atom. The Bertz CT molecular complexity index is 291. The fraction of sp³-hybridized carbons (Fsp3) is 0.846. The van der Waals surface area contributed by atoms with Gasteiger partial charge in [0.05, 0.1) is 12.5 Å². The Morgan fingerprint density at radius 1 is 1.33 bits per heavy atom. The SMILES string of the molecule is CC(C)COC(=O)NCC1CCCCC1C(=O)O. The van der Waals surface area contributed by atoms with Crippen LogP contribution in [0.2, 0.25) is 0 Å². The van der Waals surface area contributed by atoms with E-state index in [1.165, 1.54) is 0 Å². The minimum atomic E-state index is -0.753. The molecule has 0 aromatic carbocycles. The Hall–Kier alpha value is -1.26. The van der Waals surface area contributed by atoms with Crippen LogP contribution in [0.25, 0.3) is 0 Å². The number of alkyl carbamates (subject to hydrolysis) is 1. The zero-order chi connectivity index (χ0) is 13.5. The molecule has 1 fully saturated rings. The molecular weight excluding hydrogens is 234 g/mol. The van der Waals surface area contributed by atoms with Gasteiger partial charge < -0.3 is 15.2 Å². The van der Waals surface area contributed by atoms with Gasteiger partial charge >= 0.3 is 12.1 Å². The highest BCUT2D eigenvalue weighted by Crippen LogP contribution is 2.29. The molecule has 5 nitrogen and oxygen atoms in total. The predicted molar refractivity (Wildman–Crippen MR) is 67.3 cm³/mol. The molecule has 1 amide bonds. The molecule has 1 saturated carbocycles. The molecule has 0 aromatic rings. The van der Waals surface area contributed by atoms with Crippen molar-refractivity contribution in [2.75, 3.05) is 13.2 Å². The van der Waals surface area contributed by atoms with E-state index >= 15 is 0 Å². The molecule has 2 N–H and O–H groups in total. The fourth-order valence-electron chi connectivity index (χ4n) is 2.28. The van der Waals surface area contributed by atoms with Gasteiger partial charge in [0.15, 0.2) is 0 Å². The number of nitrogens with one attached hydrogen (secondary N) is 1. The van der Waals surface area contributed by atoms with Gasteiger partial charge in [-0.2, -0.15) is 0 Å². The molecule has 1 aliphatic carbocycles. The van der Waals surface area contributed by atoms with E-state index in [1.807, 2.05) is 13.8 Å². The van der Waals surface area contributed by atoms with Gasteiger partial charge in [-0.15, -0.1) is 0 Å². The van der Waals surface area contributed by atoms with Crippen LogP contribution in [0.15, 0.2) is 0 Å². The molecule has 1 aliphatic rings. The lowest BCUT2D eigenvalue weighted by atomic mass is 9.79. The predicted octanol–water partition coefficient (Wildman–Crippen LogP) is 2.26. The van der Waals surface area contributed by atoms with Crippen molar-refractivity contribution in [3.63, 3.8) is 0 Å². The van der Waals surface area contributed by atoms with Crippen molar-refractivity contribution < 1.29 is 19.4 Å². The number of rotatable bonds is 5. The third-order valence-electron chi connectivity index (χ3n) is 3.28. The number of hydrogen-bond donors (Lipinski definition) is 2. The normalized spacial score (nSPS) is 23.7. The van der Waals surface area contributed by atoms with Crippen LogP contribution in [-0.4, -0.2) is 30.3 Å². The summed E-state index contributed by atoms with van der Waals surface area (Å²) < 4.78 is 4.99. The van der Waals surface area contributed by atoms with Crippen molar-refractivity contribution in [1.82, 2.24) is 5.32 Å². The van der Waals surface area contributed by atoms with Crippen molar-refractivity contribution in [3.8, 4) is 0 Å². The summed E-state index contributed by atoms with van der Waals surface area (Å²) in [6.07, 6.45) is 3.13. The van der Waals surface area contributed by atoms with Crippen molar-refractivity contribution in [2.24, 2.45) is 17.8 Å². The Labute approximate surface area is 108 Å². The number of carbonyl (C=O) groups excluding carboxylic acids is 1. The van der Waals surface area contributed by atoms with E-state index in [-0.39, 0.29) is 11.8 Å². The molecular formula is C13H23NO4. The number of carbonyl (C=O) groups is 2. The first-order valence-electron chi connectivity index (χ1n) is 6.64. The van der Waals surface area contributed by atoms with Crippen LogP contribution in [0.5, 0.6) is 0 Å². The molecule has 0 spiro atoms. The maximum Gasteiger partial charge on any atom is 0.407 e. The second-order valence-electron chi connectivity index (χ2n) is 5.36. The van der Waals surface area contributed by atoms with Gasteiger partial charge in [-0.1, -0.05) is 26.7 Å². The highest BCUT2D eigenvalue weighted by Gasteiger charge is 2.30. The topological polar surface area (TPSA) is 75.6 Å². The van der Waals surface area contributed by atoms with Gasteiger partial charge in [-0.3, -0.25) is 4.79 Å². The maximum absolute atomic E-state index is 11.4. The Balaban J connectivity index is 2.31. The molecule has 0 aromatic heterocycles. The van der Waals surface area contributed by atoms with Crippen molar-refractivity contribution in [1.29, 1.82) is 0 Å². The molecule has 1 rings (SSSR count). The molecule has 5 heteroatoms. The summed E-state index contributed by atoms with van der Waals surface area (Å²) in [5, 5.41) is 11.8. The van der Waals surface area contributed by atoms with E-state index in [9.17, 15) is 9.59 Å². The Morgan fingerprint density at radius 2 is 2.00 bits per heavy atom. The second-order valence-corrected chi connectivity index (χ2v) is 5.36. The summed E-state index contributed by atoms with van der Waals surface area (Å²) in [5.74, 6) is -0.749. The van der Waals surface area contributed by atoms with E-state index in [0.717, 1.165) is 19.3 Å². The smallest absolute Gasteiger partial charge is 0.407 e. The standard InChI is InChI=1S/C13H23NO4/c1-9(2)8-18-13(17)14-7-10-5-3-4-6-11(10)12(15)16/h9-11H,3-8H2,1-2H3,(H,14,17)(H,15,16). The molecule has 2 atom stereocenters. The van der Waals surface area contributed by atoms with Gasteiger partial charge in [0.1, 0.15) is 0 Å². The van der Waals surface area contributed by atoms with Gasteiger partial charge in [-0.05, 0) is 24.7 Å². The Kier molecular flexibility index (Phi) is 5.95. The maximum atomic E-state index is 11.4. The summed E-state index contributed by atoms with van der Waals surface area (Å²) in [6.45, 7) is 4.72. The van der Waals surface area contributed by atoms with E-state index in [1.54, 1.807) is 0 Å². The van der Waals surface area contributed by atoms with E-state index in [0.29, 0.717) is 25.5 Å². The summed E-state index contributed by atoms with van der Waals surface area (Å²) in [4.78, 5) is 22.5. The number of hydrogen-bond acceptors (Lipinski definition) is 3. The van der Waals surface area contributed by atoms with E-state index < -0.39 is 12.1 Å². The van der Waals surface area contributed by atoms with Crippen LogP contribution >= 0.6 is 0 Å². The van der Waals surface area contributed by atoms with Crippen LogP contribution in [0.1, 0.15) is 39.5 Å². The van der Waals surface area contributed by atoms with Crippen molar-refractivity contribution in [2.45, 2.75) is 39.5 Å². The molecule has 0 saturated heterocycles. The monoisotopic (exact) mass is 257 g/mol. The number of carboxylic acids is 1. The average Bonchev–Trinajstić information content (AvgIpc) is 2.34. The lowest BCUT2D eigenvalue weighted by molar-refractivity contribution is -0.144. The van der Waals surface area contributed by atoms with Gasteiger partial charge in [0.2, 0.25) is 0 Å².